The monoisotopic (exact) mass is 344 g/mol. The molecule has 0 radical (unpaired) electrons. The first-order chi connectivity index (χ1) is 8.56. The number of hydrogen-bond donors (Lipinski definition) is 1. The molecular formula is C12H7BrCl2N2O. The van der Waals surface area contributed by atoms with Crippen molar-refractivity contribution in [2.75, 3.05) is 5.32 Å². The molecule has 0 saturated carbocycles. The Morgan fingerprint density at radius 3 is 2.72 bits per heavy atom. The number of anilines is 1. The fourth-order valence-corrected chi connectivity index (χ4v) is 1.98. The summed E-state index contributed by atoms with van der Waals surface area (Å²) in [6.45, 7) is 0. The molecule has 1 aromatic heterocycles. The summed E-state index contributed by atoms with van der Waals surface area (Å²) in [5, 5.41) is 3.16. The molecule has 0 saturated heterocycles. The van der Waals surface area contributed by atoms with E-state index in [0.29, 0.717) is 11.3 Å². The molecule has 0 spiro atoms. The van der Waals surface area contributed by atoms with E-state index in [1.54, 1.807) is 12.1 Å². The maximum Gasteiger partial charge on any atom is 0.257 e. The third kappa shape index (κ3) is 3.22. The molecule has 0 aliphatic heterocycles. The van der Waals surface area contributed by atoms with E-state index in [2.05, 4.69) is 26.2 Å². The number of rotatable bonds is 2. The highest BCUT2D eigenvalue weighted by Gasteiger charge is 2.09. The summed E-state index contributed by atoms with van der Waals surface area (Å²) in [6.07, 6.45) is 1.38. The van der Waals surface area contributed by atoms with Crippen molar-refractivity contribution >= 4 is 50.7 Å². The minimum Gasteiger partial charge on any atom is -0.322 e. The van der Waals surface area contributed by atoms with E-state index in [1.807, 2.05) is 12.1 Å². The molecular weight excluding hydrogens is 339 g/mol. The summed E-state index contributed by atoms with van der Waals surface area (Å²) < 4.78 is 0.882. The van der Waals surface area contributed by atoms with Gasteiger partial charge in [-0.15, -0.1) is 0 Å². The van der Waals surface area contributed by atoms with Crippen LogP contribution >= 0.6 is 39.1 Å². The van der Waals surface area contributed by atoms with Crippen molar-refractivity contribution in [3.05, 3.63) is 56.7 Å². The van der Waals surface area contributed by atoms with Gasteiger partial charge in [0, 0.05) is 16.4 Å². The van der Waals surface area contributed by atoms with E-state index in [0.717, 1.165) is 4.47 Å². The minimum atomic E-state index is -0.292. The fourth-order valence-electron chi connectivity index (χ4n) is 1.31. The fraction of sp³-hybridized carbons (Fsp3) is 0. The molecule has 6 heteroatoms. The maximum absolute atomic E-state index is 11.9. The molecule has 3 nitrogen and oxygen atoms in total. The topological polar surface area (TPSA) is 42.0 Å². The van der Waals surface area contributed by atoms with Crippen molar-refractivity contribution in [3.63, 3.8) is 0 Å². The van der Waals surface area contributed by atoms with Crippen LogP contribution in [0, 0.1) is 0 Å². The van der Waals surface area contributed by atoms with Gasteiger partial charge in [0.25, 0.3) is 5.91 Å². The quantitative estimate of drug-likeness (QED) is 0.819. The molecule has 0 fully saturated rings. The summed E-state index contributed by atoms with van der Waals surface area (Å²) in [6, 6.07) is 8.75. The van der Waals surface area contributed by atoms with Crippen LogP contribution in [0.4, 0.5) is 5.69 Å². The molecule has 0 aliphatic carbocycles. The molecule has 18 heavy (non-hydrogen) atoms. The Balaban J connectivity index is 2.19. The number of amides is 1. The van der Waals surface area contributed by atoms with Gasteiger partial charge >= 0.3 is 0 Å². The zero-order valence-corrected chi connectivity index (χ0v) is 12.1. The Morgan fingerprint density at radius 1 is 1.28 bits per heavy atom. The van der Waals surface area contributed by atoms with Crippen LogP contribution < -0.4 is 5.32 Å². The summed E-state index contributed by atoms with van der Waals surface area (Å²) in [4.78, 5) is 15.7. The van der Waals surface area contributed by atoms with Crippen LogP contribution in [0.1, 0.15) is 10.4 Å². The third-order valence-electron chi connectivity index (χ3n) is 2.14. The third-order valence-corrected chi connectivity index (χ3v) is 3.32. The molecule has 1 N–H and O–H groups in total. The number of nitrogens with one attached hydrogen (secondary N) is 1. The second kappa shape index (κ2) is 5.69. The molecule has 0 atom stereocenters. The molecule has 2 rings (SSSR count). The molecule has 0 bridgehead atoms. The predicted octanol–water partition coefficient (Wildman–Crippen LogP) is 4.40. The van der Waals surface area contributed by atoms with Crippen LogP contribution in [0.2, 0.25) is 10.2 Å². The Bertz CT molecular complexity index is 604. The molecule has 2 aromatic rings. The summed E-state index contributed by atoms with van der Waals surface area (Å²) in [7, 11) is 0. The van der Waals surface area contributed by atoms with Gasteiger partial charge in [-0.05, 0) is 24.3 Å². The summed E-state index contributed by atoms with van der Waals surface area (Å²) in [5.74, 6) is -0.292. The number of benzene rings is 1. The standard InChI is InChI=1S/C12H7BrCl2N2O/c13-8-2-1-3-9(5-8)17-12(18)7-4-10(14)11(15)16-6-7/h1-6H,(H,17,18). The molecule has 1 heterocycles. The van der Waals surface area contributed by atoms with Crippen molar-refractivity contribution < 1.29 is 4.79 Å². The van der Waals surface area contributed by atoms with Gasteiger partial charge in [0.15, 0.2) is 0 Å². The number of pyridine rings is 1. The normalized spacial score (nSPS) is 10.2. The van der Waals surface area contributed by atoms with Crippen LogP contribution in [-0.2, 0) is 0 Å². The van der Waals surface area contributed by atoms with Crippen molar-refractivity contribution in [3.8, 4) is 0 Å². The molecule has 1 amide bonds. The van der Waals surface area contributed by atoms with Gasteiger partial charge in [-0.25, -0.2) is 4.98 Å². The smallest absolute Gasteiger partial charge is 0.257 e. The number of nitrogens with zero attached hydrogens (tertiary/aromatic N) is 1. The molecule has 92 valence electrons. The first-order valence-corrected chi connectivity index (χ1v) is 6.49. The average molecular weight is 346 g/mol. The van der Waals surface area contributed by atoms with E-state index in [-0.39, 0.29) is 16.1 Å². The predicted molar refractivity (Wildman–Crippen MR) is 76.4 cm³/mol. The van der Waals surface area contributed by atoms with Crippen molar-refractivity contribution in [2.24, 2.45) is 0 Å². The molecule has 0 unspecified atom stereocenters. The van der Waals surface area contributed by atoms with E-state index in [4.69, 9.17) is 23.2 Å². The van der Waals surface area contributed by atoms with Crippen molar-refractivity contribution in [1.29, 1.82) is 0 Å². The first-order valence-electron chi connectivity index (χ1n) is 4.94. The molecule has 1 aromatic carbocycles. The first kappa shape index (κ1) is 13.3. The highest BCUT2D eigenvalue weighted by Crippen LogP contribution is 2.21. The summed E-state index contributed by atoms with van der Waals surface area (Å²) in [5.41, 5.74) is 1.03. The highest BCUT2D eigenvalue weighted by atomic mass is 79.9. The lowest BCUT2D eigenvalue weighted by Crippen LogP contribution is -2.12. The van der Waals surface area contributed by atoms with Crippen LogP contribution in [0.15, 0.2) is 41.0 Å². The van der Waals surface area contributed by atoms with Gasteiger partial charge < -0.3 is 5.32 Å². The van der Waals surface area contributed by atoms with E-state index < -0.39 is 0 Å². The van der Waals surface area contributed by atoms with E-state index in [1.165, 1.54) is 12.3 Å². The van der Waals surface area contributed by atoms with E-state index >= 15 is 0 Å². The highest BCUT2D eigenvalue weighted by molar-refractivity contribution is 9.10. The largest absolute Gasteiger partial charge is 0.322 e. The number of carbonyl (C=O) groups is 1. The van der Waals surface area contributed by atoms with Crippen molar-refractivity contribution in [2.45, 2.75) is 0 Å². The number of aromatic nitrogens is 1. The molecule has 0 aliphatic rings. The number of carbonyl (C=O) groups excluding carboxylic acids is 1. The SMILES string of the molecule is O=C(Nc1cccc(Br)c1)c1cnc(Cl)c(Cl)c1. The maximum atomic E-state index is 11.9. The van der Waals surface area contributed by atoms with Crippen LogP contribution in [0.3, 0.4) is 0 Å². The Labute approximate surface area is 122 Å². The van der Waals surface area contributed by atoms with E-state index in [9.17, 15) is 4.79 Å². The minimum absolute atomic E-state index is 0.177. The lowest BCUT2D eigenvalue weighted by Gasteiger charge is -2.06. The Morgan fingerprint density at radius 2 is 2.06 bits per heavy atom. The van der Waals surface area contributed by atoms with Gasteiger partial charge in [-0.2, -0.15) is 0 Å². The zero-order chi connectivity index (χ0) is 13.1. The lowest BCUT2D eigenvalue weighted by atomic mass is 10.2. The zero-order valence-electron chi connectivity index (χ0n) is 8.95. The van der Waals surface area contributed by atoms with Gasteiger partial charge in [-0.3, -0.25) is 4.79 Å². The average Bonchev–Trinajstić information content (AvgIpc) is 2.32. The summed E-state index contributed by atoms with van der Waals surface area (Å²) >= 11 is 14.8. The van der Waals surface area contributed by atoms with Gasteiger partial charge in [-0.1, -0.05) is 45.2 Å². The van der Waals surface area contributed by atoms with Gasteiger partial charge in [0.2, 0.25) is 0 Å². The van der Waals surface area contributed by atoms with Crippen molar-refractivity contribution in [1.82, 2.24) is 4.98 Å². The Kier molecular flexibility index (Phi) is 4.22. The van der Waals surface area contributed by atoms with Crippen LogP contribution in [0.25, 0.3) is 0 Å². The van der Waals surface area contributed by atoms with Crippen LogP contribution in [-0.4, -0.2) is 10.9 Å². The van der Waals surface area contributed by atoms with Gasteiger partial charge in [0.05, 0.1) is 10.6 Å². The Hall–Kier alpha value is -1.10. The van der Waals surface area contributed by atoms with Crippen LogP contribution in [0.5, 0.6) is 0 Å². The number of hydrogen-bond acceptors (Lipinski definition) is 2. The second-order valence-corrected chi connectivity index (χ2v) is 5.14. The lowest BCUT2D eigenvalue weighted by molar-refractivity contribution is 0.102. The number of halogens is 3. The second-order valence-electron chi connectivity index (χ2n) is 3.46. The van der Waals surface area contributed by atoms with Gasteiger partial charge in [0.1, 0.15) is 5.15 Å².